The number of thiazole rings is 1. The number of piperidine rings is 3. The number of nitrogens with one attached hydrogen (secondary N) is 1. The van der Waals surface area contributed by atoms with Crippen molar-refractivity contribution >= 4 is 33.2 Å². The third-order valence-corrected chi connectivity index (χ3v) is 6.37. The maximum absolute atomic E-state index is 12.5. The van der Waals surface area contributed by atoms with Crippen molar-refractivity contribution in [3.8, 4) is 10.6 Å². The number of fused-ring (bicyclic) bond motifs is 3. The standard InChI is InChI=1S/C17H18BrN3OS/c18-13-3-1-12(2-4-13)17-19-9-15(23-17)16(22)20-14-10-21-7-5-11(14)6-8-21/h1-4,9,11,14H,5-8,10H2,(H,20,22). The number of benzene rings is 1. The smallest absolute Gasteiger partial charge is 0.263 e. The van der Waals surface area contributed by atoms with Crippen LogP contribution in [0.25, 0.3) is 10.6 Å². The predicted molar refractivity (Wildman–Crippen MR) is 95.7 cm³/mol. The van der Waals surface area contributed by atoms with Crippen LogP contribution in [0, 0.1) is 5.92 Å². The van der Waals surface area contributed by atoms with Crippen molar-refractivity contribution in [2.45, 2.75) is 18.9 Å². The summed E-state index contributed by atoms with van der Waals surface area (Å²) in [5.41, 5.74) is 1.04. The average Bonchev–Trinajstić information content (AvgIpc) is 3.07. The number of hydrogen-bond acceptors (Lipinski definition) is 4. The quantitative estimate of drug-likeness (QED) is 0.871. The molecular formula is C17H18BrN3OS. The highest BCUT2D eigenvalue weighted by Gasteiger charge is 2.35. The van der Waals surface area contributed by atoms with Gasteiger partial charge in [0.05, 0.1) is 6.20 Å². The lowest BCUT2D eigenvalue weighted by atomic mass is 9.84. The zero-order valence-electron chi connectivity index (χ0n) is 12.7. The molecule has 2 aromatic rings. The minimum Gasteiger partial charge on any atom is -0.347 e. The Labute approximate surface area is 148 Å². The number of halogens is 1. The van der Waals surface area contributed by atoms with Crippen molar-refractivity contribution < 1.29 is 4.79 Å². The van der Waals surface area contributed by atoms with Crippen LogP contribution in [-0.4, -0.2) is 41.5 Å². The summed E-state index contributed by atoms with van der Waals surface area (Å²) in [5, 5.41) is 4.11. The Bertz CT molecular complexity index is 707. The van der Waals surface area contributed by atoms with Gasteiger partial charge in [0.15, 0.2) is 0 Å². The molecule has 2 bridgehead atoms. The first-order valence-electron chi connectivity index (χ1n) is 7.94. The lowest BCUT2D eigenvalue weighted by molar-refractivity contribution is 0.0622. The Morgan fingerprint density at radius 3 is 2.65 bits per heavy atom. The molecule has 3 fully saturated rings. The summed E-state index contributed by atoms with van der Waals surface area (Å²) in [5.74, 6) is 0.660. The van der Waals surface area contributed by atoms with Gasteiger partial charge in [0.2, 0.25) is 0 Å². The van der Waals surface area contributed by atoms with Crippen molar-refractivity contribution in [2.75, 3.05) is 19.6 Å². The van der Waals surface area contributed by atoms with Crippen LogP contribution in [-0.2, 0) is 0 Å². The highest BCUT2D eigenvalue weighted by Crippen LogP contribution is 2.29. The van der Waals surface area contributed by atoms with Gasteiger partial charge < -0.3 is 10.2 Å². The van der Waals surface area contributed by atoms with E-state index in [4.69, 9.17) is 0 Å². The molecule has 5 rings (SSSR count). The molecule has 1 atom stereocenters. The van der Waals surface area contributed by atoms with Crippen LogP contribution >= 0.6 is 27.3 Å². The molecule has 1 unspecified atom stereocenters. The van der Waals surface area contributed by atoms with E-state index in [0.717, 1.165) is 21.6 Å². The van der Waals surface area contributed by atoms with Gasteiger partial charge in [-0.05, 0) is 44.0 Å². The largest absolute Gasteiger partial charge is 0.347 e. The Hall–Kier alpha value is -1.24. The van der Waals surface area contributed by atoms with E-state index in [1.54, 1.807) is 6.20 Å². The van der Waals surface area contributed by atoms with Crippen LogP contribution in [0.3, 0.4) is 0 Å². The van der Waals surface area contributed by atoms with Crippen molar-refractivity contribution in [3.05, 3.63) is 39.8 Å². The van der Waals surface area contributed by atoms with E-state index in [-0.39, 0.29) is 5.91 Å². The molecule has 1 N–H and O–H groups in total. The van der Waals surface area contributed by atoms with Gasteiger partial charge >= 0.3 is 0 Å². The predicted octanol–water partition coefficient (Wildman–Crippen LogP) is 3.40. The average molecular weight is 392 g/mol. The van der Waals surface area contributed by atoms with E-state index in [2.05, 4.69) is 31.1 Å². The molecule has 0 radical (unpaired) electrons. The fraction of sp³-hybridized carbons (Fsp3) is 0.412. The van der Waals surface area contributed by atoms with Crippen molar-refractivity contribution in [3.63, 3.8) is 0 Å². The Morgan fingerprint density at radius 2 is 2.00 bits per heavy atom. The molecule has 4 heterocycles. The Morgan fingerprint density at radius 1 is 1.26 bits per heavy atom. The van der Waals surface area contributed by atoms with E-state index in [9.17, 15) is 4.79 Å². The van der Waals surface area contributed by atoms with Gasteiger partial charge in [0, 0.05) is 22.6 Å². The van der Waals surface area contributed by atoms with Crippen LogP contribution in [0.5, 0.6) is 0 Å². The van der Waals surface area contributed by atoms with Gasteiger partial charge in [-0.3, -0.25) is 4.79 Å². The molecule has 0 aliphatic carbocycles. The van der Waals surface area contributed by atoms with Crippen LogP contribution < -0.4 is 5.32 Å². The summed E-state index contributed by atoms with van der Waals surface area (Å²) >= 11 is 4.89. The first kappa shape index (κ1) is 15.3. The topological polar surface area (TPSA) is 45.2 Å². The van der Waals surface area contributed by atoms with E-state index < -0.39 is 0 Å². The molecule has 6 heteroatoms. The van der Waals surface area contributed by atoms with Crippen molar-refractivity contribution in [1.82, 2.24) is 15.2 Å². The van der Waals surface area contributed by atoms with Crippen LogP contribution in [0.4, 0.5) is 0 Å². The molecule has 1 aromatic carbocycles. The lowest BCUT2D eigenvalue weighted by Crippen LogP contribution is -2.57. The SMILES string of the molecule is O=C(NC1CN2CCC1CC2)c1cnc(-c2ccc(Br)cc2)s1. The van der Waals surface area contributed by atoms with E-state index >= 15 is 0 Å². The molecule has 4 nitrogen and oxygen atoms in total. The van der Waals surface area contributed by atoms with Gasteiger partial charge in [-0.25, -0.2) is 4.98 Å². The second-order valence-corrected chi connectivity index (χ2v) is 8.20. The van der Waals surface area contributed by atoms with Crippen molar-refractivity contribution in [2.24, 2.45) is 5.92 Å². The molecule has 0 saturated carbocycles. The summed E-state index contributed by atoms with van der Waals surface area (Å²) in [6, 6.07) is 8.30. The molecule has 3 saturated heterocycles. The van der Waals surface area contributed by atoms with E-state index in [0.29, 0.717) is 16.8 Å². The zero-order valence-corrected chi connectivity index (χ0v) is 15.1. The van der Waals surface area contributed by atoms with E-state index in [1.807, 2.05) is 24.3 Å². The second-order valence-electron chi connectivity index (χ2n) is 6.25. The fourth-order valence-corrected chi connectivity index (χ4v) is 4.56. The molecule has 0 spiro atoms. The first-order chi connectivity index (χ1) is 11.2. The normalized spacial score (nSPS) is 26.2. The van der Waals surface area contributed by atoms with Gasteiger partial charge in [0.25, 0.3) is 5.91 Å². The number of hydrogen-bond donors (Lipinski definition) is 1. The van der Waals surface area contributed by atoms with Gasteiger partial charge in [-0.2, -0.15) is 0 Å². The highest BCUT2D eigenvalue weighted by molar-refractivity contribution is 9.10. The molecule has 23 heavy (non-hydrogen) atoms. The summed E-state index contributed by atoms with van der Waals surface area (Å²) in [6.45, 7) is 3.37. The Balaban J connectivity index is 1.46. The summed E-state index contributed by atoms with van der Waals surface area (Å²) < 4.78 is 1.04. The second kappa shape index (κ2) is 6.34. The van der Waals surface area contributed by atoms with Crippen LogP contribution in [0.15, 0.2) is 34.9 Å². The third kappa shape index (κ3) is 3.20. The first-order valence-corrected chi connectivity index (χ1v) is 9.55. The lowest BCUT2D eigenvalue weighted by Gasteiger charge is -2.44. The Kier molecular flexibility index (Phi) is 4.22. The summed E-state index contributed by atoms with van der Waals surface area (Å²) in [6.07, 6.45) is 4.11. The molecule has 3 aliphatic heterocycles. The molecule has 3 aliphatic rings. The minimum atomic E-state index is 0.0182. The maximum Gasteiger partial charge on any atom is 0.263 e. The zero-order chi connectivity index (χ0) is 15.8. The number of carbonyl (C=O) groups is 1. The molecule has 120 valence electrons. The highest BCUT2D eigenvalue weighted by atomic mass is 79.9. The number of amides is 1. The number of rotatable bonds is 3. The van der Waals surface area contributed by atoms with Crippen LogP contribution in [0.2, 0.25) is 0 Å². The molecular weight excluding hydrogens is 374 g/mol. The summed E-state index contributed by atoms with van der Waals surface area (Å²) in [4.78, 5) is 20.1. The van der Waals surface area contributed by atoms with Crippen LogP contribution in [0.1, 0.15) is 22.5 Å². The summed E-state index contributed by atoms with van der Waals surface area (Å²) in [7, 11) is 0. The number of aromatic nitrogens is 1. The maximum atomic E-state index is 12.5. The van der Waals surface area contributed by atoms with Crippen molar-refractivity contribution in [1.29, 1.82) is 0 Å². The molecule has 1 aromatic heterocycles. The molecule has 1 amide bonds. The van der Waals surface area contributed by atoms with Gasteiger partial charge in [-0.15, -0.1) is 11.3 Å². The van der Waals surface area contributed by atoms with Gasteiger partial charge in [-0.1, -0.05) is 28.1 Å². The number of nitrogens with zero attached hydrogens (tertiary/aromatic N) is 2. The minimum absolute atomic E-state index is 0.0182. The fourth-order valence-electron chi connectivity index (χ4n) is 3.47. The third-order valence-electron chi connectivity index (χ3n) is 4.79. The van der Waals surface area contributed by atoms with Gasteiger partial charge in [0.1, 0.15) is 9.88 Å². The van der Waals surface area contributed by atoms with E-state index in [1.165, 1.54) is 37.3 Å². The monoisotopic (exact) mass is 391 g/mol. The number of carbonyl (C=O) groups excluding carboxylic acids is 1.